The van der Waals surface area contributed by atoms with E-state index in [9.17, 15) is 9.50 Å². The molecule has 2 nitrogen and oxygen atoms in total. The Kier molecular flexibility index (Phi) is 4.42. The molecule has 0 aliphatic carbocycles. The standard InChI is InChI=1S/C12H13BrClFO2/c13-8-6-10(15)7(5-9(8)14)12(16)11-3-1-2-4-17-11/h5-6,11-12,16H,1-4H2. The van der Waals surface area contributed by atoms with Gasteiger partial charge < -0.3 is 9.84 Å². The topological polar surface area (TPSA) is 29.5 Å². The largest absolute Gasteiger partial charge is 0.386 e. The molecular formula is C12H13BrClFO2. The van der Waals surface area contributed by atoms with Crippen LogP contribution in [-0.4, -0.2) is 17.8 Å². The summed E-state index contributed by atoms with van der Waals surface area (Å²) in [5, 5.41) is 10.5. The first-order valence-corrected chi connectivity index (χ1v) is 6.71. The molecule has 0 spiro atoms. The summed E-state index contributed by atoms with van der Waals surface area (Å²) < 4.78 is 19.7. The summed E-state index contributed by atoms with van der Waals surface area (Å²) in [5.41, 5.74) is 0.199. The first kappa shape index (κ1) is 13.3. The van der Waals surface area contributed by atoms with Crippen LogP contribution in [0.3, 0.4) is 0 Å². The van der Waals surface area contributed by atoms with Crippen LogP contribution in [0.1, 0.15) is 30.9 Å². The monoisotopic (exact) mass is 322 g/mol. The van der Waals surface area contributed by atoms with Gasteiger partial charge in [0.05, 0.1) is 11.1 Å². The average molecular weight is 324 g/mol. The molecule has 17 heavy (non-hydrogen) atoms. The number of aliphatic hydroxyl groups is 1. The van der Waals surface area contributed by atoms with Gasteiger partial charge in [-0.3, -0.25) is 0 Å². The molecule has 0 bridgehead atoms. The van der Waals surface area contributed by atoms with E-state index in [1.54, 1.807) is 0 Å². The molecule has 1 N–H and O–H groups in total. The first-order valence-electron chi connectivity index (χ1n) is 5.53. The van der Waals surface area contributed by atoms with E-state index < -0.39 is 11.9 Å². The van der Waals surface area contributed by atoms with Gasteiger partial charge in [-0.25, -0.2) is 4.39 Å². The Morgan fingerprint density at radius 2 is 2.24 bits per heavy atom. The van der Waals surface area contributed by atoms with Gasteiger partial charge >= 0.3 is 0 Å². The molecule has 0 saturated carbocycles. The Morgan fingerprint density at radius 3 is 2.88 bits per heavy atom. The summed E-state index contributed by atoms with van der Waals surface area (Å²) in [6, 6.07) is 2.72. The second-order valence-corrected chi connectivity index (χ2v) is 5.40. The van der Waals surface area contributed by atoms with E-state index in [2.05, 4.69) is 15.9 Å². The van der Waals surface area contributed by atoms with Gasteiger partial charge in [0.1, 0.15) is 11.9 Å². The number of halogens is 3. The maximum Gasteiger partial charge on any atom is 0.130 e. The van der Waals surface area contributed by atoms with Crippen molar-refractivity contribution in [1.82, 2.24) is 0 Å². The molecule has 0 radical (unpaired) electrons. The van der Waals surface area contributed by atoms with E-state index in [1.807, 2.05) is 0 Å². The molecule has 1 aliphatic heterocycles. The van der Waals surface area contributed by atoms with Crippen molar-refractivity contribution in [2.24, 2.45) is 0 Å². The minimum atomic E-state index is -0.958. The maximum absolute atomic E-state index is 13.7. The minimum absolute atomic E-state index is 0.199. The maximum atomic E-state index is 13.7. The average Bonchev–Trinajstić information content (AvgIpc) is 2.34. The van der Waals surface area contributed by atoms with Crippen molar-refractivity contribution < 1.29 is 14.2 Å². The van der Waals surface area contributed by atoms with Crippen molar-refractivity contribution in [3.63, 3.8) is 0 Å². The van der Waals surface area contributed by atoms with Crippen LogP contribution in [-0.2, 0) is 4.74 Å². The van der Waals surface area contributed by atoms with Crippen LogP contribution in [0.2, 0.25) is 5.02 Å². The predicted octanol–water partition coefficient (Wildman–Crippen LogP) is 3.84. The number of hydrogen-bond acceptors (Lipinski definition) is 2. The summed E-state index contributed by atoms with van der Waals surface area (Å²) in [7, 11) is 0. The van der Waals surface area contributed by atoms with Crippen molar-refractivity contribution in [1.29, 1.82) is 0 Å². The van der Waals surface area contributed by atoms with E-state index in [0.717, 1.165) is 19.3 Å². The quantitative estimate of drug-likeness (QED) is 0.838. The molecule has 0 aromatic heterocycles. The second-order valence-electron chi connectivity index (χ2n) is 4.14. The van der Waals surface area contributed by atoms with Crippen molar-refractivity contribution >= 4 is 27.5 Å². The van der Waals surface area contributed by atoms with Crippen molar-refractivity contribution in [3.05, 3.63) is 33.0 Å². The van der Waals surface area contributed by atoms with Gasteiger partial charge in [0.2, 0.25) is 0 Å². The van der Waals surface area contributed by atoms with Crippen LogP contribution in [0, 0.1) is 5.82 Å². The van der Waals surface area contributed by atoms with Gasteiger partial charge in [0.15, 0.2) is 0 Å². The molecular weight excluding hydrogens is 310 g/mol. The Balaban J connectivity index is 2.23. The minimum Gasteiger partial charge on any atom is -0.386 e. The van der Waals surface area contributed by atoms with Crippen molar-refractivity contribution in [3.8, 4) is 0 Å². The lowest BCUT2D eigenvalue weighted by atomic mass is 9.98. The first-order chi connectivity index (χ1) is 8.09. The molecule has 5 heteroatoms. The normalized spacial score (nSPS) is 22.5. The molecule has 2 unspecified atom stereocenters. The van der Waals surface area contributed by atoms with E-state index in [1.165, 1.54) is 12.1 Å². The highest BCUT2D eigenvalue weighted by molar-refractivity contribution is 9.10. The SMILES string of the molecule is OC(c1cc(Cl)c(Br)cc1F)C1CCCCO1. The molecule has 1 heterocycles. The highest BCUT2D eigenvalue weighted by Crippen LogP contribution is 2.32. The summed E-state index contributed by atoms with van der Waals surface area (Å²) in [6.07, 6.45) is 1.44. The molecule has 94 valence electrons. The highest BCUT2D eigenvalue weighted by Gasteiger charge is 2.26. The van der Waals surface area contributed by atoms with Gasteiger partial charge in [0.25, 0.3) is 0 Å². The Bertz CT molecular complexity index is 408. The Labute approximate surface area is 113 Å². The zero-order valence-electron chi connectivity index (χ0n) is 9.13. The van der Waals surface area contributed by atoms with Crippen LogP contribution >= 0.6 is 27.5 Å². The second kappa shape index (κ2) is 5.65. The number of rotatable bonds is 2. The van der Waals surface area contributed by atoms with Gasteiger partial charge in [-0.2, -0.15) is 0 Å². The summed E-state index contributed by atoms with van der Waals surface area (Å²) in [5.74, 6) is -0.469. The van der Waals surface area contributed by atoms with Crippen LogP contribution < -0.4 is 0 Å². The fourth-order valence-corrected chi connectivity index (χ4v) is 2.47. The molecule has 1 aromatic rings. The highest BCUT2D eigenvalue weighted by atomic mass is 79.9. The van der Waals surface area contributed by atoms with Crippen molar-refractivity contribution in [2.45, 2.75) is 31.5 Å². The smallest absolute Gasteiger partial charge is 0.130 e. The van der Waals surface area contributed by atoms with Gasteiger partial charge in [-0.15, -0.1) is 0 Å². The van der Waals surface area contributed by atoms with Gasteiger partial charge in [0, 0.05) is 16.6 Å². The van der Waals surface area contributed by atoms with E-state index in [-0.39, 0.29) is 11.7 Å². The molecule has 2 atom stereocenters. The number of aliphatic hydroxyl groups excluding tert-OH is 1. The summed E-state index contributed by atoms with van der Waals surface area (Å²) in [4.78, 5) is 0. The third kappa shape index (κ3) is 2.99. The number of hydrogen-bond donors (Lipinski definition) is 1. The number of ether oxygens (including phenoxy) is 1. The fraction of sp³-hybridized carbons (Fsp3) is 0.500. The van der Waals surface area contributed by atoms with Crippen LogP contribution in [0.4, 0.5) is 4.39 Å². The molecule has 1 aromatic carbocycles. The lowest BCUT2D eigenvalue weighted by molar-refractivity contribution is -0.0644. The van der Waals surface area contributed by atoms with Gasteiger partial charge in [-0.05, 0) is 47.3 Å². The summed E-state index contributed by atoms with van der Waals surface area (Å²) >= 11 is 9.04. The van der Waals surface area contributed by atoms with Gasteiger partial charge in [-0.1, -0.05) is 11.6 Å². The zero-order chi connectivity index (χ0) is 12.4. The third-order valence-electron chi connectivity index (χ3n) is 2.93. The lowest BCUT2D eigenvalue weighted by Gasteiger charge is -2.27. The molecule has 1 saturated heterocycles. The third-order valence-corrected chi connectivity index (χ3v) is 4.12. The predicted molar refractivity (Wildman–Crippen MR) is 67.7 cm³/mol. The van der Waals surface area contributed by atoms with Crippen molar-refractivity contribution in [2.75, 3.05) is 6.61 Å². The van der Waals surface area contributed by atoms with Crippen LogP contribution in [0.25, 0.3) is 0 Å². The van der Waals surface area contributed by atoms with E-state index in [4.69, 9.17) is 16.3 Å². The summed E-state index contributed by atoms with van der Waals surface area (Å²) in [6.45, 7) is 0.619. The number of benzene rings is 1. The van der Waals surface area contributed by atoms with Crippen LogP contribution in [0.15, 0.2) is 16.6 Å². The Morgan fingerprint density at radius 1 is 1.47 bits per heavy atom. The molecule has 2 rings (SSSR count). The van der Waals surface area contributed by atoms with E-state index in [0.29, 0.717) is 16.1 Å². The molecule has 0 amide bonds. The molecule has 1 aliphatic rings. The molecule has 1 fully saturated rings. The zero-order valence-corrected chi connectivity index (χ0v) is 11.5. The lowest BCUT2D eigenvalue weighted by Crippen LogP contribution is -2.27. The Hall–Kier alpha value is -0.160. The fourth-order valence-electron chi connectivity index (χ4n) is 1.98. The van der Waals surface area contributed by atoms with Crippen LogP contribution in [0.5, 0.6) is 0 Å². The van der Waals surface area contributed by atoms with E-state index >= 15 is 0 Å².